The first-order chi connectivity index (χ1) is 17.4. The van der Waals surface area contributed by atoms with E-state index in [9.17, 15) is 18.8 Å². The number of hydrogen-bond donors (Lipinski definition) is 2. The Morgan fingerprint density at radius 2 is 1.89 bits per heavy atom. The number of nitrogens with one attached hydrogen (secondary N) is 2. The minimum Gasteiger partial charge on any atom is -0.490 e. The van der Waals surface area contributed by atoms with Crippen molar-refractivity contribution in [1.82, 2.24) is 9.66 Å². The Balaban J connectivity index is 1.55. The molecule has 2 N–H and O–H groups in total. The van der Waals surface area contributed by atoms with Crippen molar-refractivity contribution in [3.05, 3.63) is 97.9 Å². The van der Waals surface area contributed by atoms with Crippen LogP contribution in [0.4, 0.5) is 10.1 Å². The highest BCUT2D eigenvalue weighted by Crippen LogP contribution is 2.36. The number of carbonyl (C=O) groups excluding carboxylic acids is 1. The zero-order chi connectivity index (χ0) is 25.7. The zero-order valence-electron chi connectivity index (χ0n) is 19.0. The molecule has 0 saturated carbocycles. The predicted octanol–water partition coefficient (Wildman–Crippen LogP) is 3.78. The first kappa shape index (κ1) is 24.7. The van der Waals surface area contributed by atoms with Gasteiger partial charge in [0.25, 0.3) is 11.5 Å². The fourth-order valence-corrected chi connectivity index (χ4v) is 3.59. The van der Waals surface area contributed by atoms with Gasteiger partial charge in [-0.2, -0.15) is 5.10 Å². The standard InChI is InChI=1S/C25H20ClFN4O5/c1-2-35-21-12-15(13-28-31-24(33)18-5-3-4-6-20(18)30-25(31)34)11-19(26)23(21)36-14-22(32)29-17-9-7-16(27)8-10-17/h3-13H,2,14H2,1H3,(H,29,32)(H,30,34). The van der Waals surface area contributed by atoms with Gasteiger partial charge in [-0.3, -0.25) is 9.59 Å². The smallest absolute Gasteiger partial charge is 0.349 e. The topological polar surface area (TPSA) is 115 Å². The highest BCUT2D eigenvalue weighted by atomic mass is 35.5. The summed E-state index contributed by atoms with van der Waals surface area (Å²) in [5.74, 6) is -0.539. The van der Waals surface area contributed by atoms with Crippen LogP contribution >= 0.6 is 11.6 Å². The van der Waals surface area contributed by atoms with Crippen molar-refractivity contribution in [3.8, 4) is 11.5 Å². The lowest BCUT2D eigenvalue weighted by atomic mass is 10.2. The molecule has 4 aromatic rings. The van der Waals surface area contributed by atoms with E-state index in [1.807, 2.05) is 0 Å². The zero-order valence-corrected chi connectivity index (χ0v) is 19.7. The number of ether oxygens (including phenoxy) is 2. The quantitative estimate of drug-likeness (QED) is 0.350. The molecule has 4 rings (SSSR count). The molecular formula is C25H20ClFN4O5. The summed E-state index contributed by atoms with van der Waals surface area (Å²) in [7, 11) is 0. The molecule has 1 heterocycles. The molecule has 0 radical (unpaired) electrons. The summed E-state index contributed by atoms with van der Waals surface area (Å²) < 4.78 is 24.9. The summed E-state index contributed by atoms with van der Waals surface area (Å²) in [4.78, 5) is 39.8. The van der Waals surface area contributed by atoms with Crippen LogP contribution in [0.15, 0.2) is 75.4 Å². The van der Waals surface area contributed by atoms with Gasteiger partial charge in [-0.15, -0.1) is 4.68 Å². The van der Waals surface area contributed by atoms with Gasteiger partial charge in [0.2, 0.25) is 0 Å². The van der Waals surface area contributed by atoms with Crippen LogP contribution < -0.4 is 26.0 Å². The number of nitrogens with zero attached hydrogens (tertiary/aromatic N) is 2. The third-order valence-electron chi connectivity index (χ3n) is 4.91. The molecule has 1 aromatic heterocycles. The second kappa shape index (κ2) is 10.9. The van der Waals surface area contributed by atoms with E-state index in [4.69, 9.17) is 21.1 Å². The van der Waals surface area contributed by atoms with Crippen LogP contribution in [-0.2, 0) is 4.79 Å². The molecule has 0 unspecified atom stereocenters. The maximum Gasteiger partial charge on any atom is 0.349 e. The molecule has 36 heavy (non-hydrogen) atoms. The Morgan fingerprint density at radius 1 is 1.14 bits per heavy atom. The highest BCUT2D eigenvalue weighted by molar-refractivity contribution is 6.32. The monoisotopic (exact) mass is 510 g/mol. The van der Waals surface area contributed by atoms with Gasteiger partial charge in [-0.25, -0.2) is 9.18 Å². The maximum absolute atomic E-state index is 13.0. The molecule has 9 nitrogen and oxygen atoms in total. The number of hydrogen-bond acceptors (Lipinski definition) is 6. The van der Waals surface area contributed by atoms with Crippen LogP contribution in [0.1, 0.15) is 12.5 Å². The van der Waals surface area contributed by atoms with Crippen LogP contribution in [0.5, 0.6) is 11.5 Å². The summed E-state index contributed by atoms with van der Waals surface area (Å²) in [6.45, 7) is 1.65. The molecule has 0 saturated heterocycles. The number of anilines is 1. The maximum atomic E-state index is 13.0. The molecule has 184 valence electrons. The molecule has 0 bridgehead atoms. The Morgan fingerprint density at radius 3 is 2.64 bits per heavy atom. The van der Waals surface area contributed by atoms with E-state index in [1.54, 1.807) is 37.3 Å². The third-order valence-corrected chi connectivity index (χ3v) is 5.19. The first-order valence-corrected chi connectivity index (χ1v) is 11.2. The van der Waals surface area contributed by atoms with E-state index < -0.39 is 23.0 Å². The number of H-pyrrole nitrogens is 1. The summed E-state index contributed by atoms with van der Waals surface area (Å²) >= 11 is 6.38. The molecule has 0 aliphatic carbocycles. The van der Waals surface area contributed by atoms with Gasteiger partial charge in [0.1, 0.15) is 5.82 Å². The molecule has 0 aliphatic rings. The van der Waals surface area contributed by atoms with Crippen LogP contribution in [0.2, 0.25) is 5.02 Å². The normalized spacial score (nSPS) is 11.1. The number of aromatic nitrogens is 2. The van der Waals surface area contributed by atoms with Gasteiger partial charge < -0.3 is 19.8 Å². The van der Waals surface area contributed by atoms with Gasteiger partial charge >= 0.3 is 5.69 Å². The Bertz CT molecular complexity index is 1560. The number of rotatable bonds is 8. The predicted molar refractivity (Wildman–Crippen MR) is 135 cm³/mol. The summed E-state index contributed by atoms with van der Waals surface area (Å²) in [5.41, 5.74) is -0.0322. The minimum atomic E-state index is -0.696. The van der Waals surface area contributed by atoms with Crippen molar-refractivity contribution in [1.29, 1.82) is 0 Å². The van der Waals surface area contributed by atoms with Gasteiger partial charge in [0.05, 0.1) is 28.7 Å². The molecule has 0 spiro atoms. The minimum absolute atomic E-state index is 0.122. The van der Waals surface area contributed by atoms with E-state index in [2.05, 4.69) is 15.4 Å². The largest absolute Gasteiger partial charge is 0.490 e. The number of carbonyl (C=O) groups is 1. The lowest BCUT2D eigenvalue weighted by Gasteiger charge is -2.14. The number of aromatic amines is 1. The summed E-state index contributed by atoms with van der Waals surface area (Å²) in [6, 6.07) is 14.9. The average molecular weight is 511 g/mol. The van der Waals surface area contributed by atoms with Crippen LogP contribution in [-0.4, -0.2) is 35.0 Å². The number of halogens is 2. The lowest BCUT2D eigenvalue weighted by molar-refractivity contribution is -0.118. The van der Waals surface area contributed by atoms with Crippen LogP contribution in [0, 0.1) is 5.82 Å². The van der Waals surface area contributed by atoms with E-state index in [1.165, 1.54) is 36.5 Å². The van der Waals surface area contributed by atoms with E-state index in [-0.39, 0.29) is 29.7 Å². The van der Waals surface area contributed by atoms with Crippen molar-refractivity contribution in [2.75, 3.05) is 18.5 Å². The average Bonchev–Trinajstić information content (AvgIpc) is 2.85. The molecule has 0 fully saturated rings. The van der Waals surface area contributed by atoms with Crippen molar-refractivity contribution in [2.45, 2.75) is 6.92 Å². The SMILES string of the molecule is CCOc1cc(C=Nn2c(=O)[nH]c3ccccc3c2=O)cc(Cl)c1OCC(=O)Nc1ccc(F)cc1. The third kappa shape index (κ3) is 5.61. The fourth-order valence-electron chi connectivity index (χ4n) is 3.32. The second-order valence-electron chi connectivity index (χ2n) is 7.44. The van der Waals surface area contributed by atoms with E-state index in [0.29, 0.717) is 26.8 Å². The van der Waals surface area contributed by atoms with Crippen LogP contribution in [0.3, 0.4) is 0 Å². The van der Waals surface area contributed by atoms with Gasteiger partial charge in [-0.1, -0.05) is 23.7 Å². The number of amides is 1. The van der Waals surface area contributed by atoms with Gasteiger partial charge in [0, 0.05) is 5.69 Å². The molecule has 0 aliphatic heterocycles. The highest BCUT2D eigenvalue weighted by Gasteiger charge is 2.15. The van der Waals surface area contributed by atoms with Crippen molar-refractivity contribution in [2.24, 2.45) is 5.10 Å². The first-order valence-electron chi connectivity index (χ1n) is 10.8. The number of benzene rings is 3. The molecule has 0 atom stereocenters. The molecule has 1 amide bonds. The Labute approximate surface area is 208 Å². The Kier molecular flexibility index (Phi) is 7.45. The number of para-hydroxylation sites is 1. The fraction of sp³-hybridized carbons (Fsp3) is 0.120. The lowest BCUT2D eigenvalue weighted by Crippen LogP contribution is -2.32. The molecular weight excluding hydrogens is 491 g/mol. The molecule has 3 aromatic carbocycles. The summed E-state index contributed by atoms with van der Waals surface area (Å²) in [5, 5.41) is 7.03. The number of fused-ring (bicyclic) bond motifs is 1. The van der Waals surface area contributed by atoms with Gasteiger partial charge in [-0.05, 0) is 61.0 Å². The van der Waals surface area contributed by atoms with Crippen LogP contribution in [0.25, 0.3) is 10.9 Å². The van der Waals surface area contributed by atoms with Crippen molar-refractivity contribution >= 4 is 40.3 Å². The van der Waals surface area contributed by atoms with Crippen molar-refractivity contribution < 1.29 is 18.7 Å². The second-order valence-corrected chi connectivity index (χ2v) is 7.85. The van der Waals surface area contributed by atoms with E-state index in [0.717, 1.165) is 0 Å². The van der Waals surface area contributed by atoms with E-state index >= 15 is 0 Å². The van der Waals surface area contributed by atoms with Crippen molar-refractivity contribution in [3.63, 3.8) is 0 Å². The Hall–Kier alpha value is -4.44. The molecule has 11 heteroatoms. The summed E-state index contributed by atoms with van der Waals surface area (Å²) in [6.07, 6.45) is 1.28. The van der Waals surface area contributed by atoms with Gasteiger partial charge in [0.15, 0.2) is 18.1 Å².